The van der Waals surface area contributed by atoms with Crippen LogP contribution in [-0.2, 0) is 13.1 Å². The number of rotatable bonds is 7. The summed E-state index contributed by atoms with van der Waals surface area (Å²) in [4.78, 5) is 6.19. The summed E-state index contributed by atoms with van der Waals surface area (Å²) in [6.45, 7) is 1.13. The van der Waals surface area contributed by atoms with E-state index < -0.39 is 0 Å². The third-order valence-corrected chi connectivity index (χ3v) is 4.32. The first-order valence-electron chi connectivity index (χ1n) is 8.39. The molecule has 3 aromatic rings. The number of anilines is 1. The maximum atomic E-state index is 5.66. The molecule has 2 aromatic heterocycles. The van der Waals surface area contributed by atoms with Gasteiger partial charge in [0.2, 0.25) is 0 Å². The Morgan fingerprint density at radius 3 is 2.70 bits per heavy atom. The minimum Gasteiger partial charge on any atom is -0.497 e. The van der Waals surface area contributed by atoms with Crippen LogP contribution in [0.1, 0.15) is 11.3 Å². The number of hydrogen-bond acceptors (Lipinski definition) is 5. The number of aromatic nitrogens is 1. The molecule has 7 heteroatoms. The number of ether oxygens (including phenoxy) is 2. The molecule has 1 aromatic carbocycles. The number of benzene rings is 1. The Bertz CT molecular complexity index is 869. The Morgan fingerprint density at radius 1 is 1.15 bits per heavy atom. The van der Waals surface area contributed by atoms with Gasteiger partial charge in [-0.05, 0) is 48.1 Å². The SMILES string of the molecule is COc1ccc(NC(=S)N(Cc2cccnc2)Cc2ccco2)c(OC)c1. The van der Waals surface area contributed by atoms with Crippen LogP contribution in [0.5, 0.6) is 11.5 Å². The van der Waals surface area contributed by atoms with Gasteiger partial charge in [0, 0.05) is 25.0 Å². The highest BCUT2D eigenvalue weighted by Crippen LogP contribution is 2.29. The van der Waals surface area contributed by atoms with Gasteiger partial charge in [0.15, 0.2) is 5.11 Å². The summed E-state index contributed by atoms with van der Waals surface area (Å²) in [6, 6.07) is 13.2. The van der Waals surface area contributed by atoms with Gasteiger partial charge in [0.25, 0.3) is 0 Å². The van der Waals surface area contributed by atoms with E-state index in [4.69, 9.17) is 26.1 Å². The fourth-order valence-corrected chi connectivity index (χ4v) is 2.84. The Balaban J connectivity index is 1.80. The average Bonchev–Trinajstić information content (AvgIpc) is 3.21. The molecule has 0 spiro atoms. The fourth-order valence-electron chi connectivity index (χ4n) is 2.60. The first-order chi connectivity index (χ1) is 13.2. The molecule has 0 unspecified atom stereocenters. The average molecular weight is 383 g/mol. The molecular formula is C20H21N3O3S. The van der Waals surface area contributed by atoms with Gasteiger partial charge in [-0.1, -0.05) is 6.07 Å². The van der Waals surface area contributed by atoms with Gasteiger partial charge in [-0.15, -0.1) is 0 Å². The van der Waals surface area contributed by atoms with Crippen LogP contribution in [0.3, 0.4) is 0 Å². The molecule has 1 N–H and O–H groups in total. The van der Waals surface area contributed by atoms with Gasteiger partial charge in [0.05, 0.1) is 32.7 Å². The van der Waals surface area contributed by atoms with Gasteiger partial charge in [-0.2, -0.15) is 0 Å². The van der Waals surface area contributed by atoms with E-state index in [1.165, 1.54) is 0 Å². The monoisotopic (exact) mass is 383 g/mol. The molecule has 2 heterocycles. The second-order valence-electron chi connectivity index (χ2n) is 5.79. The van der Waals surface area contributed by atoms with Crippen molar-refractivity contribution < 1.29 is 13.9 Å². The summed E-state index contributed by atoms with van der Waals surface area (Å²) in [5.74, 6) is 2.19. The minimum absolute atomic E-state index is 0.534. The third-order valence-electron chi connectivity index (χ3n) is 3.96. The number of nitrogens with zero attached hydrogens (tertiary/aromatic N) is 2. The lowest BCUT2D eigenvalue weighted by atomic mass is 10.2. The Labute approximate surface area is 163 Å². The topological polar surface area (TPSA) is 59.8 Å². The lowest BCUT2D eigenvalue weighted by Crippen LogP contribution is -2.33. The minimum atomic E-state index is 0.534. The smallest absolute Gasteiger partial charge is 0.174 e. The highest BCUT2D eigenvalue weighted by Gasteiger charge is 2.15. The zero-order valence-corrected chi connectivity index (χ0v) is 16.0. The molecule has 140 valence electrons. The Kier molecular flexibility index (Phi) is 6.27. The number of hydrogen-bond donors (Lipinski definition) is 1. The van der Waals surface area contributed by atoms with Crippen molar-refractivity contribution in [3.05, 3.63) is 72.4 Å². The number of pyridine rings is 1. The van der Waals surface area contributed by atoms with Gasteiger partial charge < -0.3 is 24.1 Å². The number of furan rings is 1. The molecule has 0 fully saturated rings. The summed E-state index contributed by atoms with van der Waals surface area (Å²) in [5.41, 5.74) is 1.81. The van der Waals surface area contributed by atoms with E-state index in [2.05, 4.69) is 10.3 Å². The molecule has 0 saturated heterocycles. The van der Waals surface area contributed by atoms with Crippen LogP contribution in [-0.4, -0.2) is 29.2 Å². The number of methoxy groups -OCH3 is 2. The summed E-state index contributed by atoms with van der Waals surface area (Å²) < 4.78 is 16.2. The van der Waals surface area contributed by atoms with Crippen molar-refractivity contribution in [1.82, 2.24) is 9.88 Å². The molecule has 27 heavy (non-hydrogen) atoms. The van der Waals surface area contributed by atoms with Crippen LogP contribution in [0.15, 0.2) is 65.5 Å². The molecule has 0 saturated carbocycles. The van der Waals surface area contributed by atoms with E-state index in [1.807, 2.05) is 53.6 Å². The normalized spacial score (nSPS) is 10.3. The molecule has 6 nitrogen and oxygen atoms in total. The van der Waals surface area contributed by atoms with E-state index in [0.717, 1.165) is 17.0 Å². The first-order valence-corrected chi connectivity index (χ1v) is 8.79. The third kappa shape index (κ3) is 4.98. The second kappa shape index (κ2) is 9.05. The number of nitrogens with one attached hydrogen (secondary N) is 1. The maximum Gasteiger partial charge on any atom is 0.174 e. The van der Waals surface area contributed by atoms with E-state index in [1.54, 1.807) is 26.7 Å². The molecule has 0 radical (unpaired) electrons. The molecule has 0 aliphatic rings. The van der Waals surface area contributed by atoms with Crippen LogP contribution < -0.4 is 14.8 Å². The Morgan fingerprint density at radius 2 is 2.04 bits per heavy atom. The maximum absolute atomic E-state index is 5.66. The zero-order chi connectivity index (χ0) is 19.1. The number of thiocarbonyl (C=S) groups is 1. The van der Waals surface area contributed by atoms with Crippen molar-refractivity contribution in [3.8, 4) is 11.5 Å². The molecule has 0 atom stereocenters. The van der Waals surface area contributed by atoms with Crippen LogP contribution >= 0.6 is 12.2 Å². The van der Waals surface area contributed by atoms with Crippen molar-refractivity contribution >= 4 is 23.0 Å². The molecular weight excluding hydrogens is 362 g/mol. The second-order valence-corrected chi connectivity index (χ2v) is 6.18. The van der Waals surface area contributed by atoms with Crippen molar-refractivity contribution in [2.45, 2.75) is 13.1 Å². The molecule has 0 amide bonds. The molecule has 0 bridgehead atoms. The Hall–Kier alpha value is -3.06. The van der Waals surface area contributed by atoms with Crippen molar-refractivity contribution in [2.24, 2.45) is 0 Å². The van der Waals surface area contributed by atoms with Crippen molar-refractivity contribution in [3.63, 3.8) is 0 Å². The lowest BCUT2D eigenvalue weighted by Gasteiger charge is -2.25. The lowest BCUT2D eigenvalue weighted by molar-refractivity contribution is 0.359. The van der Waals surface area contributed by atoms with Gasteiger partial charge >= 0.3 is 0 Å². The van der Waals surface area contributed by atoms with Crippen LogP contribution in [0.4, 0.5) is 5.69 Å². The molecule has 3 rings (SSSR count). The van der Waals surface area contributed by atoms with Gasteiger partial charge in [0.1, 0.15) is 17.3 Å². The van der Waals surface area contributed by atoms with Crippen molar-refractivity contribution in [1.29, 1.82) is 0 Å². The summed E-state index contributed by atoms with van der Waals surface area (Å²) >= 11 is 5.66. The summed E-state index contributed by atoms with van der Waals surface area (Å²) in [7, 11) is 3.23. The van der Waals surface area contributed by atoms with E-state index in [0.29, 0.717) is 29.7 Å². The highest BCUT2D eigenvalue weighted by atomic mass is 32.1. The van der Waals surface area contributed by atoms with Crippen LogP contribution in [0.25, 0.3) is 0 Å². The van der Waals surface area contributed by atoms with E-state index in [-0.39, 0.29) is 0 Å². The van der Waals surface area contributed by atoms with Gasteiger partial charge in [-0.25, -0.2) is 0 Å². The summed E-state index contributed by atoms with van der Waals surface area (Å²) in [6.07, 6.45) is 5.23. The predicted molar refractivity (Wildman–Crippen MR) is 108 cm³/mol. The van der Waals surface area contributed by atoms with Crippen LogP contribution in [0, 0.1) is 0 Å². The molecule has 0 aliphatic heterocycles. The van der Waals surface area contributed by atoms with Crippen molar-refractivity contribution in [2.75, 3.05) is 19.5 Å². The van der Waals surface area contributed by atoms with Gasteiger partial charge in [-0.3, -0.25) is 4.98 Å². The fraction of sp³-hybridized carbons (Fsp3) is 0.200. The zero-order valence-electron chi connectivity index (χ0n) is 15.2. The molecule has 0 aliphatic carbocycles. The van der Waals surface area contributed by atoms with E-state index in [9.17, 15) is 0 Å². The van der Waals surface area contributed by atoms with E-state index >= 15 is 0 Å². The summed E-state index contributed by atoms with van der Waals surface area (Å²) in [5, 5.41) is 3.81. The van der Waals surface area contributed by atoms with Crippen LogP contribution in [0.2, 0.25) is 0 Å². The standard InChI is InChI=1S/C20H21N3O3S/c1-24-16-7-8-18(19(11-16)25-2)22-20(27)23(14-17-6-4-10-26-17)13-15-5-3-9-21-12-15/h3-12H,13-14H2,1-2H3,(H,22,27). The largest absolute Gasteiger partial charge is 0.497 e. The quantitative estimate of drug-likeness (QED) is 0.617. The highest BCUT2D eigenvalue weighted by molar-refractivity contribution is 7.80. The predicted octanol–water partition coefficient (Wildman–Crippen LogP) is 4.09. The first kappa shape index (κ1) is 18.7.